The lowest BCUT2D eigenvalue weighted by molar-refractivity contribution is -0.141. The molecule has 0 fully saturated rings. The minimum Gasteiger partial charge on any atom is -0.497 e. The molecule has 0 aliphatic heterocycles. The number of amides is 2. The van der Waals surface area contributed by atoms with Crippen LogP contribution in [0.25, 0.3) is 0 Å². The molecule has 0 aliphatic carbocycles. The van der Waals surface area contributed by atoms with Gasteiger partial charge in [-0.15, -0.1) is 0 Å². The van der Waals surface area contributed by atoms with Crippen LogP contribution in [0, 0.1) is 0 Å². The second-order valence-corrected chi connectivity index (χ2v) is 11.6. The van der Waals surface area contributed by atoms with Gasteiger partial charge in [-0.2, -0.15) is 0 Å². The first-order chi connectivity index (χ1) is 16.3. The van der Waals surface area contributed by atoms with Crippen LogP contribution in [0.4, 0.5) is 5.69 Å². The fourth-order valence-electron chi connectivity index (χ4n) is 3.55. The van der Waals surface area contributed by atoms with E-state index in [9.17, 15) is 18.0 Å². The van der Waals surface area contributed by atoms with E-state index in [1.165, 1.54) is 11.0 Å². The Labute approximate surface area is 213 Å². The molecule has 1 N–H and O–H groups in total. The highest BCUT2D eigenvalue weighted by atomic mass is 35.5. The molecule has 10 heteroatoms. The number of methoxy groups -OCH3 is 1. The number of para-hydroxylation sites is 1. The summed E-state index contributed by atoms with van der Waals surface area (Å²) in [7, 11) is -2.29. The number of carbonyl (C=O) groups excluding carboxylic acids is 2. The maximum atomic E-state index is 13.7. The van der Waals surface area contributed by atoms with Crippen molar-refractivity contribution in [2.24, 2.45) is 0 Å². The molecular weight excluding hydrogens is 490 g/mol. The van der Waals surface area contributed by atoms with Gasteiger partial charge in [0.15, 0.2) is 0 Å². The van der Waals surface area contributed by atoms with Gasteiger partial charge in [-0.1, -0.05) is 42.8 Å². The van der Waals surface area contributed by atoms with E-state index in [2.05, 4.69) is 5.32 Å². The molecule has 0 radical (unpaired) electrons. The maximum Gasteiger partial charge on any atom is 0.244 e. The number of halogens is 1. The molecule has 8 nitrogen and oxygen atoms in total. The van der Waals surface area contributed by atoms with Crippen molar-refractivity contribution in [1.29, 1.82) is 0 Å². The van der Waals surface area contributed by atoms with Gasteiger partial charge in [0.25, 0.3) is 0 Å². The van der Waals surface area contributed by atoms with E-state index >= 15 is 0 Å². The van der Waals surface area contributed by atoms with Gasteiger partial charge >= 0.3 is 0 Å². The molecule has 0 bridgehead atoms. The van der Waals surface area contributed by atoms with Gasteiger partial charge in [-0.05, 0) is 57.0 Å². The number of anilines is 1. The Balaban J connectivity index is 2.46. The number of nitrogens with one attached hydrogen (secondary N) is 1. The van der Waals surface area contributed by atoms with Gasteiger partial charge in [-0.25, -0.2) is 8.42 Å². The summed E-state index contributed by atoms with van der Waals surface area (Å²) in [6.07, 6.45) is 1.36. The lowest BCUT2D eigenvalue weighted by atomic mass is 10.1. The Morgan fingerprint density at radius 2 is 1.69 bits per heavy atom. The Morgan fingerprint density at radius 3 is 2.17 bits per heavy atom. The van der Waals surface area contributed by atoms with E-state index in [-0.39, 0.29) is 23.2 Å². The molecular formula is C25H34ClN3O5S. The SMILES string of the molecule is CC[C@H](C(=O)NC(C)(C)C)N(Cc1ccc(OC)cc1)C(=O)CN(c1ccccc1Cl)S(C)(=O)=O. The van der Waals surface area contributed by atoms with Gasteiger partial charge in [0.2, 0.25) is 21.8 Å². The van der Waals surface area contributed by atoms with Gasteiger partial charge in [0.05, 0.1) is 24.1 Å². The second kappa shape index (κ2) is 11.8. The first kappa shape index (κ1) is 28.5. The molecule has 2 aromatic rings. The number of ether oxygens (including phenoxy) is 1. The van der Waals surface area contributed by atoms with Crippen LogP contribution < -0.4 is 14.4 Å². The van der Waals surface area contributed by atoms with E-state index < -0.39 is 34.1 Å². The highest BCUT2D eigenvalue weighted by molar-refractivity contribution is 7.92. The van der Waals surface area contributed by atoms with E-state index in [1.807, 2.05) is 27.7 Å². The summed E-state index contributed by atoms with van der Waals surface area (Å²) in [4.78, 5) is 28.2. The first-order valence-electron chi connectivity index (χ1n) is 11.2. The minimum absolute atomic E-state index is 0.110. The maximum absolute atomic E-state index is 13.7. The lowest BCUT2D eigenvalue weighted by Gasteiger charge is -2.34. The molecule has 192 valence electrons. The summed E-state index contributed by atoms with van der Waals surface area (Å²) in [6, 6.07) is 12.7. The molecule has 0 heterocycles. The van der Waals surface area contributed by atoms with Crippen molar-refractivity contribution >= 4 is 39.1 Å². The summed E-state index contributed by atoms with van der Waals surface area (Å²) >= 11 is 6.25. The Bertz CT molecular complexity index is 1130. The molecule has 2 amide bonds. The third kappa shape index (κ3) is 8.14. The largest absolute Gasteiger partial charge is 0.497 e. The molecule has 0 aromatic heterocycles. The molecule has 35 heavy (non-hydrogen) atoms. The van der Waals surface area contributed by atoms with Crippen LogP contribution >= 0.6 is 11.6 Å². The molecule has 0 aliphatic rings. The topological polar surface area (TPSA) is 96.0 Å². The van der Waals surface area contributed by atoms with Crippen LogP contribution in [0.15, 0.2) is 48.5 Å². The molecule has 0 saturated heterocycles. The van der Waals surface area contributed by atoms with E-state index in [1.54, 1.807) is 49.6 Å². The van der Waals surface area contributed by atoms with Gasteiger partial charge in [-0.3, -0.25) is 13.9 Å². The predicted octanol–water partition coefficient (Wildman–Crippen LogP) is 3.84. The van der Waals surface area contributed by atoms with Crippen molar-refractivity contribution in [3.05, 3.63) is 59.1 Å². The number of rotatable bonds is 10. The highest BCUT2D eigenvalue weighted by Gasteiger charge is 2.33. The number of hydrogen-bond donors (Lipinski definition) is 1. The number of hydrogen-bond acceptors (Lipinski definition) is 5. The van der Waals surface area contributed by atoms with Crippen molar-refractivity contribution in [3.8, 4) is 5.75 Å². The van der Waals surface area contributed by atoms with Gasteiger partial charge < -0.3 is 15.0 Å². The standard InChI is InChI=1S/C25H34ClN3O5S/c1-7-21(24(31)27-25(2,3)4)28(16-18-12-14-19(34-5)15-13-18)23(30)17-29(35(6,32)33)22-11-9-8-10-20(22)26/h8-15,21H,7,16-17H2,1-6H3,(H,27,31)/t21-/m1/s1. The van der Waals surface area contributed by atoms with Crippen molar-refractivity contribution in [2.75, 3.05) is 24.2 Å². The molecule has 0 unspecified atom stereocenters. The summed E-state index contributed by atoms with van der Waals surface area (Å²) in [5.41, 5.74) is 0.460. The zero-order valence-electron chi connectivity index (χ0n) is 21.0. The number of nitrogens with zero attached hydrogens (tertiary/aromatic N) is 2. The first-order valence-corrected chi connectivity index (χ1v) is 13.5. The number of benzene rings is 2. The van der Waals surface area contributed by atoms with Crippen LogP contribution in [0.2, 0.25) is 5.02 Å². The Kier molecular flexibility index (Phi) is 9.57. The monoisotopic (exact) mass is 523 g/mol. The van der Waals surface area contributed by atoms with Gasteiger partial charge in [0, 0.05) is 12.1 Å². The highest BCUT2D eigenvalue weighted by Crippen LogP contribution is 2.27. The smallest absolute Gasteiger partial charge is 0.244 e. The van der Waals surface area contributed by atoms with Gasteiger partial charge in [0.1, 0.15) is 18.3 Å². The second-order valence-electron chi connectivity index (χ2n) is 9.25. The molecule has 2 aromatic carbocycles. The normalized spacial score (nSPS) is 12.5. The zero-order chi connectivity index (χ0) is 26.4. The molecule has 0 spiro atoms. The Hall–Kier alpha value is -2.78. The van der Waals surface area contributed by atoms with Crippen LogP contribution in [-0.2, 0) is 26.2 Å². The fourth-order valence-corrected chi connectivity index (χ4v) is 4.70. The van der Waals surface area contributed by atoms with E-state index in [0.717, 1.165) is 16.1 Å². The van der Waals surface area contributed by atoms with Crippen molar-refractivity contribution in [2.45, 2.75) is 52.2 Å². The number of carbonyl (C=O) groups is 2. The molecule has 1 atom stereocenters. The van der Waals surface area contributed by atoms with Crippen LogP contribution in [0.3, 0.4) is 0 Å². The zero-order valence-corrected chi connectivity index (χ0v) is 22.6. The summed E-state index contributed by atoms with van der Waals surface area (Å²) < 4.78 is 31.4. The van der Waals surface area contributed by atoms with Crippen molar-refractivity contribution in [3.63, 3.8) is 0 Å². The average Bonchev–Trinajstić information content (AvgIpc) is 2.76. The number of sulfonamides is 1. The van der Waals surface area contributed by atoms with Crippen LogP contribution in [0.1, 0.15) is 39.7 Å². The minimum atomic E-state index is -3.85. The van der Waals surface area contributed by atoms with E-state index in [4.69, 9.17) is 16.3 Å². The third-order valence-corrected chi connectivity index (χ3v) is 6.64. The average molecular weight is 524 g/mol. The quantitative estimate of drug-likeness (QED) is 0.510. The summed E-state index contributed by atoms with van der Waals surface area (Å²) in [5, 5.41) is 3.13. The molecule has 2 rings (SSSR count). The fraction of sp³-hybridized carbons (Fsp3) is 0.440. The van der Waals surface area contributed by atoms with Crippen molar-refractivity contribution < 1.29 is 22.7 Å². The molecule has 0 saturated carbocycles. The van der Waals surface area contributed by atoms with Crippen LogP contribution in [-0.4, -0.2) is 56.6 Å². The lowest BCUT2D eigenvalue weighted by Crippen LogP contribution is -2.55. The van der Waals surface area contributed by atoms with Crippen LogP contribution in [0.5, 0.6) is 5.75 Å². The summed E-state index contributed by atoms with van der Waals surface area (Å²) in [5.74, 6) is -0.182. The summed E-state index contributed by atoms with van der Waals surface area (Å²) in [6.45, 7) is 6.99. The van der Waals surface area contributed by atoms with E-state index in [0.29, 0.717) is 12.2 Å². The predicted molar refractivity (Wildman–Crippen MR) is 139 cm³/mol. The van der Waals surface area contributed by atoms with Crippen molar-refractivity contribution in [1.82, 2.24) is 10.2 Å². The third-order valence-electron chi connectivity index (χ3n) is 5.20. The Morgan fingerprint density at radius 1 is 1.09 bits per heavy atom.